The molecule has 6 aliphatic rings. The molecule has 0 aromatic rings. The molecule has 0 amide bonds. The molecule has 4 aliphatic carbocycles. The van der Waals surface area contributed by atoms with Crippen LogP contribution in [0, 0.1) is 34.5 Å². The van der Waals surface area contributed by atoms with Gasteiger partial charge in [0.1, 0.15) is 18.3 Å². The molecule has 8 heteroatoms. The summed E-state index contributed by atoms with van der Waals surface area (Å²) in [4.78, 5) is 41.3. The van der Waals surface area contributed by atoms with Gasteiger partial charge in [0, 0.05) is 51.4 Å². The van der Waals surface area contributed by atoms with Gasteiger partial charge in [0.25, 0.3) is 0 Å². The number of esters is 3. The van der Waals surface area contributed by atoms with Crippen LogP contribution in [0.3, 0.4) is 0 Å². The van der Waals surface area contributed by atoms with Gasteiger partial charge in [0.05, 0.1) is 0 Å². The highest BCUT2D eigenvalue weighted by atomic mass is 16.6. The number of hydrogen-bond acceptors (Lipinski definition) is 8. The van der Waals surface area contributed by atoms with E-state index in [9.17, 15) is 14.4 Å². The fourth-order valence-corrected chi connectivity index (χ4v) is 11.3. The largest absolute Gasteiger partial charge is 0.462 e. The predicted octanol–water partition coefficient (Wildman–Crippen LogP) is 4.97. The fourth-order valence-electron chi connectivity index (χ4n) is 11.3. The maximum atomic E-state index is 12.4. The highest BCUT2D eigenvalue weighted by Gasteiger charge is 2.65. The van der Waals surface area contributed by atoms with E-state index in [1.165, 1.54) is 39.0 Å². The Labute approximate surface area is 252 Å². The lowest BCUT2D eigenvalue weighted by Gasteiger charge is -2.62. The molecule has 0 spiro atoms. The van der Waals surface area contributed by atoms with Gasteiger partial charge < -0.3 is 14.2 Å². The van der Waals surface area contributed by atoms with Crippen molar-refractivity contribution in [2.24, 2.45) is 34.5 Å². The molecule has 236 valence electrons. The first-order valence-corrected chi connectivity index (χ1v) is 17.0. The normalized spacial score (nSPS) is 44.5. The molecule has 10 atom stereocenters. The second-order valence-corrected chi connectivity index (χ2v) is 15.3. The maximum Gasteiger partial charge on any atom is 0.302 e. The molecular weight excluding hydrogens is 532 g/mol. The van der Waals surface area contributed by atoms with Crippen LogP contribution in [0.4, 0.5) is 0 Å². The van der Waals surface area contributed by atoms with Crippen molar-refractivity contribution in [1.82, 2.24) is 9.80 Å². The molecule has 0 unspecified atom stereocenters. The zero-order chi connectivity index (χ0) is 29.8. The minimum atomic E-state index is -0.202. The van der Waals surface area contributed by atoms with Gasteiger partial charge in [-0.25, -0.2) is 0 Å². The summed E-state index contributed by atoms with van der Waals surface area (Å²) < 4.78 is 17.8. The van der Waals surface area contributed by atoms with Crippen molar-refractivity contribution in [2.75, 3.05) is 26.2 Å². The van der Waals surface area contributed by atoms with Crippen molar-refractivity contribution in [3.05, 3.63) is 0 Å². The van der Waals surface area contributed by atoms with Gasteiger partial charge in [-0.3, -0.25) is 24.2 Å². The molecule has 2 heterocycles. The lowest BCUT2D eigenvalue weighted by atomic mass is 9.44. The molecular formula is C34H54N2O6. The SMILES string of the molecule is CC(=O)OC1CCN([C@H]2C[C@@]3(C)[C@@H](CC[C@@H]4[C@@H]3CC[C@@]3(C)[C@H]4C[C@H](N4CCCC4)[C@@H]3OC(C)=O)C[C@@H]2OC(C)=O)CC1. The molecule has 8 nitrogen and oxygen atoms in total. The van der Waals surface area contributed by atoms with Crippen LogP contribution in [-0.4, -0.2) is 84.3 Å². The van der Waals surface area contributed by atoms with Gasteiger partial charge in [-0.05, 0) is 113 Å². The van der Waals surface area contributed by atoms with E-state index in [1.54, 1.807) is 13.8 Å². The molecule has 2 saturated heterocycles. The van der Waals surface area contributed by atoms with Crippen LogP contribution >= 0.6 is 0 Å². The second-order valence-electron chi connectivity index (χ2n) is 15.3. The molecule has 2 aliphatic heterocycles. The van der Waals surface area contributed by atoms with Crippen LogP contribution in [0.2, 0.25) is 0 Å². The molecule has 0 aromatic heterocycles. The smallest absolute Gasteiger partial charge is 0.302 e. The summed E-state index contributed by atoms with van der Waals surface area (Å²) in [6, 6.07) is 0.553. The molecule has 0 bridgehead atoms. The summed E-state index contributed by atoms with van der Waals surface area (Å²) in [7, 11) is 0. The zero-order valence-electron chi connectivity index (χ0n) is 26.6. The van der Waals surface area contributed by atoms with E-state index in [1.807, 2.05) is 0 Å². The maximum absolute atomic E-state index is 12.4. The Balaban J connectivity index is 1.24. The summed E-state index contributed by atoms with van der Waals surface area (Å²) in [5, 5.41) is 0. The van der Waals surface area contributed by atoms with E-state index >= 15 is 0 Å². The first kappa shape index (κ1) is 30.4. The Morgan fingerprint density at radius 1 is 0.667 bits per heavy atom. The van der Waals surface area contributed by atoms with E-state index in [-0.39, 0.29) is 53.1 Å². The van der Waals surface area contributed by atoms with Gasteiger partial charge in [-0.1, -0.05) is 13.8 Å². The van der Waals surface area contributed by atoms with Crippen LogP contribution in [0.15, 0.2) is 0 Å². The van der Waals surface area contributed by atoms with Crippen molar-refractivity contribution in [2.45, 2.75) is 136 Å². The van der Waals surface area contributed by atoms with Crippen LogP contribution < -0.4 is 0 Å². The van der Waals surface area contributed by atoms with Gasteiger partial charge >= 0.3 is 17.9 Å². The van der Waals surface area contributed by atoms with E-state index in [2.05, 4.69) is 23.6 Å². The average molecular weight is 587 g/mol. The van der Waals surface area contributed by atoms with Crippen LogP contribution in [0.5, 0.6) is 0 Å². The van der Waals surface area contributed by atoms with Gasteiger partial charge in [0.15, 0.2) is 0 Å². The molecule has 6 rings (SSSR count). The second kappa shape index (κ2) is 11.7. The van der Waals surface area contributed by atoms with Gasteiger partial charge in [0.2, 0.25) is 0 Å². The molecule has 4 saturated carbocycles. The highest BCUT2D eigenvalue weighted by molar-refractivity contribution is 5.67. The molecule has 6 fully saturated rings. The third kappa shape index (κ3) is 5.41. The third-order valence-corrected chi connectivity index (χ3v) is 13.1. The zero-order valence-corrected chi connectivity index (χ0v) is 26.6. The van der Waals surface area contributed by atoms with E-state index in [4.69, 9.17) is 14.2 Å². The summed E-state index contributed by atoms with van der Waals surface area (Å²) >= 11 is 0. The first-order valence-electron chi connectivity index (χ1n) is 17.0. The van der Waals surface area contributed by atoms with Crippen molar-refractivity contribution in [3.8, 4) is 0 Å². The van der Waals surface area contributed by atoms with Crippen molar-refractivity contribution < 1.29 is 28.6 Å². The lowest BCUT2D eigenvalue weighted by Crippen LogP contribution is -2.61. The summed E-state index contributed by atoms with van der Waals surface area (Å²) in [5.41, 5.74) is 0.233. The number of carbonyl (C=O) groups excluding carboxylic acids is 3. The number of ether oxygens (including phenoxy) is 3. The van der Waals surface area contributed by atoms with E-state index < -0.39 is 0 Å². The van der Waals surface area contributed by atoms with Crippen molar-refractivity contribution in [3.63, 3.8) is 0 Å². The van der Waals surface area contributed by atoms with Crippen molar-refractivity contribution in [1.29, 1.82) is 0 Å². The first-order chi connectivity index (χ1) is 20.0. The third-order valence-electron chi connectivity index (χ3n) is 13.1. The summed E-state index contributed by atoms with van der Waals surface area (Å²) in [5.74, 6) is 1.91. The minimum Gasteiger partial charge on any atom is -0.462 e. The van der Waals surface area contributed by atoms with Crippen molar-refractivity contribution >= 4 is 17.9 Å². The molecule has 0 N–H and O–H groups in total. The quantitative estimate of drug-likeness (QED) is 0.330. The number of nitrogens with zero attached hydrogens (tertiary/aromatic N) is 2. The van der Waals surface area contributed by atoms with E-state index in [0.29, 0.717) is 29.7 Å². The van der Waals surface area contributed by atoms with Gasteiger partial charge in [-0.2, -0.15) is 0 Å². The predicted molar refractivity (Wildman–Crippen MR) is 158 cm³/mol. The van der Waals surface area contributed by atoms with Crippen LogP contribution in [0.1, 0.15) is 105 Å². The number of hydrogen-bond donors (Lipinski definition) is 0. The summed E-state index contributed by atoms with van der Waals surface area (Å²) in [6.45, 7) is 13.6. The Kier molecular flexibility index (Phi) is 8.44. The highest BCUT2D eigenvalue weighted by Crippen LogP contribution is 2.67. The Hall–Kier alpha value is -1.67. The number of rotatable bonds is 5. The number of likely N-dealkylation sites (tertiary alicyclic amines) is 2. The fraction of sp³-hybridized carbons (Fsp3) is 0.912. The van der Waals surface area contributed by atoms with Crippen LogP contribution in [0.25, 0.3) is 0 Å². The molecule has 0 aromatic carbocycles. The molecule has 0 radical (unpaired) electrons. The monoisotopic (exact) mass is 586 g/mol. The Morgan fingerprint density at radius 2 is 1.31 bits per heavy atom. The standard InChI is InChI=1S/C34H54N2O6/c1-21(37)40-25-11-16-36(17-12-25)30-20-34(5)24(18-31(30)41-22(2)38)8-9-26-27(34)10-13-33(4)28(26)19-29(32(33)42-23(3)39)35-14-6-7-15-35/h24-32H,6-20H2,1-5H3/t24-,26+,27-,28-,29-,30-,31-,32-,33-,34-/m0/s1. The topological polar surface area (TPSA) is 85.4 Å². The Bertz CT molecular complexity index is 1040. The summed E-state index contributed by atoms with van der Waals surface area (Å²) in [6.07, 6.45) is 12.0. The Morgan fingerprint density at radius 3 is 1.95 bits per heavy atom. The number of fused-ring (bicyclic) bond motifs is 5. The van der Waals surface area contributed by atoms with E-state index in [0.717, 1.165) is 64.7 Å². The average Bonchev–Trinajstić information content (AvgIpc) is 3.55. The lowest BCUT2D eigenvalue weighted by molar-refractivity contribution is -0.181. The minimum absolute atomic E-state index is 0.00412. The van der Waals surface area contributed by atoms with Gasteiger partial charge in [-0.15, -0.1) is 0 Å². The number of piperidine rings is 1. The number of carbonyl (C=O) groups is 3. The van der Waals surface area contributed by atoms with Crippen LogP contribution in [-0.2, 0) is 28.6 Å². The molecule has 42 heavy (non-hydrogen) atoms.